The number of methoxy groups -OCH3 is 2. The minimum atomic E-state index is 0. The Bertz CT molecular complexity index is 922. The van der Waals surface area contributed by atoms with Gasteiger partial charge in [0, 0.05) is 18.2 Å². The number of H-pyrrole nitrogens is 1. The number of aromatic nitrogens is 3. The fourth-order valence-corrected chi connectivity index (χ4v) is 3.51. The lowest BCUT2D eigenvalue weighted by atomic mass is 10.1. The van der Waals surface area contributed by atoms with Gasteiger partial charge in [0.05, 0.1) is 19.8 Å². The summed E-state index contributed by atoms with van der Waals surface area (Å²) in [6.45, 7) is 3.36. The van der Waals surface area contributed by atoms with Crippen LogP contribution >= 0.6 is 12.4 Å². The van der Waals surface area contributed by atoms with Crippen molar-refractivity contribution in [3.63, 3.8) is 0 Å². The van der Waals surface area contributed by atoms with Gasteiger partial charge in [0.2, 0.25) is 0 Å². The lowest BCUT2D eigenvalue weighted by molar-refractivity contribution is 0.331. The highest BCUT2D eigenvalue weighted by Gasteiger charge is 2.15. The van der Waals surface area contributed by atoms with Crippen LogP contribution in [-0.2, 0) is 6.54 Å². The second-order valence-corrected chi connectivity index (χ2v) is 6.76. The van der Waals surface area contributed by atoms with Gasteiger partial charge >= 0.3 is 0 Å². The van der Waals surface area contributed by atoms with Crippen LogP contribution in [0.25, 0.3) is 22.8 Å². The van der Waals surface area contributed by atoms with Gasteiger partial charge in [-0.25, -0.2) is 4.98 Å². The average molecular weight is 401 g/mol. The predicted octanol–water partition coefficient (Wildman–Crippen LogP) is 4.17. The monoisotopic (exact) mass is 400 g/mol. The molecule has 2 aromatic carbocycles. The molecule has 1 fully saturated rings. The van der Waals surface area contributed by atoms with E-state index in [4.69, 9.17) is 9.47 Å². The maximum absolute atomic E-state index is 5.48. The zero-order chi connectivity index (χ0) is 18.6. The first-order valence-electron chi connectivity index (χ1n) is 9.23. The quantitative estimate of drug-likeness (QED) is 0.672. The molecule has 6 nitrogen and oxygen atoms in total. The molecular weight excluding hydrogens is 376 g/mol. The van der Waals surface area contributed by atoms with E-state index in [-0.39, 0.29) is 12.4 Å². The molecule has 0 spiro atoms. The zero-order valence-corrected chi connectivity index (χ0v) is 17.0. The number of rotatable bonds is 6. The summed E-state index contributed by atoms with van der Waals surface area (Å²) in [4.78, 5) is 7.18. The van der Waals surface area contributed by atoms with Crippen LogP contribution in [0.1, 0.15) is 18.4 Å². The Labute approximate surface area is 171 Å². The molecule has 3 aromatic rings. The first-order chi connectivity index (χ1) is 13.3. The number of hydrogen-bond acceptors (Lipinski definition) is 5. The van der Waals surface area contributed by atoms with E-state index in [1.54, 1.807) is 14.2 Å². The summed E-state index contributed by atoms with van der Waals surface area (Å²) in [6, 6.07) is 14.1. The molecule has 148 valence electrons. The maximum atomic E-state index is 5.48. The van der Waals surface area contributed by atoms with Gasteiger partial charge in [-0.1, -0.05) is 18.2 Å². The van der Waals surface area contributed by atoms with Gasteiger partial charge in [0.15, 0.2) is 11.6 Å². The molecule has 0 aliphatic carbocycles. The van der Waals surface area contributed by atoms with Gasteiger partial charge in [-0.3, -0.25) is 10.00 Å². The summed E-state index contributed by atoms with van der Waals surface area (Å²) in [5.74, 6) is 2.80. The molecule has 0 bridgehead atoms. The molecule has 0 saturated carbocycles. The number of ether oxygens (including phenoxy) is 2. The largest absolute Gasteiger partial charge is 0.497 e. The minimum absolute atomic E-state index is 0. The van der Waals surface area contributed by atoms with Crippen LogP contribution in [0.4, 0.5) is 0 Å². The predicted molar refractivity (Wildman–Crippen MR) is 112 cm³/mol. The summed E-state index contributed by atoms with van der Waals surface area (Å²) in [5, 5.41) is 7.45. The van der Waals surface area contributed by atoms with Crippen molar-refractivity contribution in [3.8, 4) is 34.3 Å². The summed E-state index contributed by atoms with van der Waals surface area (Å²) in [6.07, 6.45) is 2.60. The number of nitrogens with one attached hydrogen (secondary N) is 1. The van der Waals surface area contributed by atoms with E-state index in [9.17, 15) is 0 Å². The van der Waals surface area contributed by atoms with Crippen LogP contribution in [-0.4, -0.2) is 47.4 Å². The topological polar surface area (TPSA) is 63.3 Å². The molecule has 1 saturated heterocycles. The third-order valence-corrected chi connectivity index (χ3v) is 4.94. The standard InChI is InChI=1S/C21H24N4O2.ClH/c1-26-17-8-9-18(19(13-17)27-2)21-22-20(23-24-21)16-7-5-6-15(12-16)14-25-10-3-4-11-25;/h5-9,12-13H,3-4,10-11,14H2,1-2H3,(H,22,23,24);1H. The summed E-state index contributed by atoms with van der Waals surface area (Å²) >= 11 is 0. The highest BCUT2D eigenvalue weighted by atomic mass is 35.5. The van der Waals surface area contributed by atoms with Crippen LogP contribution in [0.5, 0.6) is 11.5 Å². The van der Waals surface area contributed by atoms with Gasteiger partial charge in [-0.05, 0) is 49.7 Å². The van der Waals surface area contributed by atoms with E-state index >= 15 is 0 Å². The van der Waals surface area contributed by atoms with Crippen molar-refractivity contribution >= 4 is 12.4 Å². The third kappa shape index (κ3) is 4.29. The van der Waals surface area contributed by atoms with Crippen molar-refractivity contribution in [1.82, 2.24) is 20.1 Å². The normalized spacial score (nSPS) is 13.9. The first-order valence-corrected chi connectivity index (χ1v) is 9.23. The van der Waals surface area contributed by atoms with Crippen molar-refractivity contribution < 1.29 is 9.47 Å². The lowest BCUT2D eigenvalue weighted by Crippen LogP contribution is -2.18. The van der Waals surface area contributed by atoms with Crippen molar-refractivity contribution in [1.29, 1.82) is 0 Å². The molecule has 2 heterocycles. The van der Waals surface area contributed by atoms with Crippen LogP contribution < -0.4 is 9.47 Å². The Morgan fingerprint density at radius 2 is 1.86 bits per heavy atom. The van der Waals surface area contributed by atoms with Gasteiger partial charge in [-0.15, -0.1) is 12.4 Å². The number of nitrogens with zero attached hydrogens (tertiary/aromatic N) is 3. The Kier molecular flexibility index (Phi) is 6.54. The molecule has 4 rings (SSSR count). The van der Waals surface area contributed by atoms with Gasteiger partial charge in [0.25, 0.3) is 0 Å². The molecule has 0 unspecified atom stereocenters. The molecule has 1 aliphatic heterocycles. The molecule has 0 atom stereocenters. The maximum Gasteiger partial charge on any atom is 0.181 e. The third-order valence-electron chi connectivity index (χ3n) is 4.94. The average Bonchev–Trinajstić information content (AvgIpc) is 3.40. The molecule has 7 heteroatoms. The number of hydrogen-bond donors (Lipinski definition) is 1. The fourth-order valence-electron chi connectivity index (χ4n) is 3.51. The molecule has 28 heavy (non-hydrogen) atoms. The molecule has 1 aromatic heterocycles. The van der Waals surface area contributed by atoms with Crippen molar-refractivity contribution in [2.24, 2.45) is 0 Å². The summed E-state index contributed by atoms with van der Waals surface area (Å²) < 4.78 is 10.7. The van der Waals surface area contributed by atoms with E-state index in [1.165, 1.54) is 31.5 Å². The zero-order valence-electron chi connectivity index (χ0n) is 16.1. The molecule has 1 N–H and O–H groups in total. The highest BCUT2D eigenvalue weighted by Crippen LogP contribution is 2.32. The van der Waals surface area contributed by atoms with Crippen LogP contribution in [0.2, 0.25) is 0 Å². The van der Waals surface area contributed by atoms with Crippen molar-refractivity contribution in [3.05, 3.63) is 48.0 Å². The molecule has 0 radical (unpaired) electrons. The first kappa shape index (κ1) is 20.2. The molecule has 1 aliphatic rings. The van der Waals surface area contributed by atoms with Gasteiger partial charge in [-0.2, -0.15) is 5.10 Å². The number of benzene rings is 2. The summed E-state index contributed by atoms with van der Waals surface area (Å²) in [7, 11) is 3.27. The van der Waals surface area contributed by atoms with Gasteiger partial charge in [0.1, 0.15) is 11.5 Å². The number of likely N-dealkylation sites (tertiary alicyclic amines) is 1. The van der Waals surface area contributed by atoms with E-state index in [0.29, 0.717) is 17.4 Å². The number of aromatic amines is 1. The van der Waals surface area contributed by atoms with Crippen molar-refractivity contribution in [2.45, 2.75) is 19.4 Å². The second-order valence-electron chi connectivity index (χ2n) is 6.76. The van der Waals surface area contributed by atoms with E-state index < -0.39 is 0 Å². The molecular formula is C21H25ClN4O2. The second kappa shape index (κ2) is 9.08. The highest BCUT2D eigenvalue weighted by molar-refractivity contribution is 5.85. The smallest absolute Gasteiger partial charge is 0.181 e. The number of halogens is 1. The van der Waals surface area contributed by atoms with E-state index in [2.05, 4.69) is 38.3 Å². The Hall–Kier alpha value is -2.57. The van der Waals surface area contributed by atoms with Crippen LogP contribution in [0, 0.1) is 0 Å². The van der Waals surface area contributed by atoms with Gasteiger partial charge < -0.3 is 9.47 Å². The lowest BCUT2D eigenvalue weighted by Gasteiger charge is -2.14. The summed E-state index contributed by atoms with van der Waals surface area (Å²) in [5.41, 5.74) is 3.16. The van der Waals surface area contributed by atoms with E-state index in [0.717, 1.165) is 23.4 Å². The fraction of sp³-hybridized carbons (Fsp3) is 0.333. The Morgan fingerprint density at radius 1 is 1.04 bits per heavy atom. The Morgan fingerprint density at radius 3 is 2.61 bits per heavy atom. The minimum Gasteiger partial charge on any atom is -0.497 e. The Balaban J connectivity index is 0.00000225. The van der Waals surface area contributed by atoms with Crippen molar-refractivity contribution in [2.75, 3.05) is 27.3 Å². The van der Waals surface area contributed by atoms with Crippen LogP contribution in [0.15, 0.2) is 42.5 Å². The van der Waals surface area contributed by atoms with Crippen LogP contribution in [0.3, 0.4) is 0 Å². The van der Waals surface area contributed by atoms with E-state index in [1.807, 2.05) is 24.3 Å². The SMILES string of the molecule is COc1ccc(-c2nc(-c3cccc(CN4CCCC4)c3)n[nH]2)c(OC)c1.Cl. The molecule has 0 amide bonds.